The molecule has 0 aromatic carbocycles. The van der Waals surface area contributed by atoms with Crippen LogP contribution in [0.15, 0.2) is 4.42 Å². The van der Waals surface area contributed by atoms with Crippen LogP contribution in [0.1, 0.15) is 37.1 Å². The highest BCUT2D eigenvalue weighted by atomic mass is 32.3. The quantitative estimate of drug-likeness (QED) is 0.361. The maximum absolute atomic E-state index is 12.4. The lowest BCUT2D eigenvalue weighted by molar-refractivity contribution is -0.0317. The predicted molar refractivity (Wildman–Crippen MR) is 84.9 cm³/mol. The number of rotatable bonds is 9. The molecule has 1 aromatic rings. The second-order valence-electron chi connectivity index (χ2n) is 6.12. The van der Waals surface area contributed by atoms with E-state index in [2.05, 4.69) is 19.8 Å². The number of nitrogens with one attached hydrogen (secondary N) is 1. The maximum atomic E-state index is 12.4. The van der Waals surface area contributed by atoms with Gasteiger partial charge < -0.3 is 19.7 Å². The average molecular weight is 391 g/mol. The lowest BCUT2D eigenvalue weighted by Gasteiger charge is -2.27. The summed E-state index contributed by atoms with van der Waals surface area (Å²) >= 11 is 0. The molecule has 2 aliphatic heterocycles. The number of urea groups is 1. The molecule has 3 N–H and O–H groups in total. The number of aromatic nitrogens is 2. The van der Waals surface area contributed by atoms with E-state index >= 15 is 0 Å². The van der Waals surface area contributed by atoms with Crippen LogP contribution in [-0.4, -0.2) is 76.6 Å². The molecule has 2 bridgehead atoms. The van der Waals surface area contributed by atoms with Crippen molar-refractivity contribution in [2.24, 2.45) is 0 Å². The summed E-state index contributed by atoms with van der Waals surface area (Å²) in [6.45, 7) is 1.56. The predicted octanol–water partition coefficient (Wildman–Crippen LogP) is -0.740. The van der Waals surface area contributed by atoms with E-state index < -0.39 is 28.5 Å². The van der Waals surface area contributed by atoms with Crippen LogP contribution in [-0.2, 0) is 21.1 Å². The highest BCUT2D eigenvalue weighted by molar-refractivity contribution is 7.80. The van der Waals surface area contributed by atoms with Crippen molar-refractivity contribution < 1.29 is 31.6 Å². The Bertz CT molecular complexity index is 739. The Morgan fingerprint density at radius 1 is 1.31 bits per heavy atom. The number of amides is 2. The lowest BCUT2D eigenvalue weighted by Crippen LogP contribution is -2.35. The number of piperidine rings is 1. The maximum Gasteiger partial charge on any atom is 0.418 e. The van der Waals surface area contributed by atoms with E-state index in [9.17, 15) is 13.2 Å². The van der Waals surface area contributed by atoms with Crippen LogP contribution >= 0.6 is 0 Å². The smallest absolute Gasteiger partial charge is 0.418 e. The Hall–Kier alpha value is -1.80. The zero-order chi connectivity index (χ0) is 18.7. The second kappa shape index (κ2) is 7.84. The van der Waals surface area contributed by atoms with Crippen LogP contribution in [0.2, 0.25) is 0 Å². The first-order valence-electron chi connectivity index (χ1n) is 8.29. The monoisotopic (exact) mass is 391 g/mol. The molecule has 12 nitrogen and oxygen atoms in total. The zero-order valence-electron chi connectivity index (χ0n) is 13.9. The molecule has 146 valence electrons. The summed E-state index contributed by atoms with van der Waals surface area (Å²) in [6, 6.07) is -1.58. The standard InChI is InChI=1S/C13H21N5O7S/c19-7-6-14-5-1-2-11-15-16-12(24-11)10-4-3-9-8-17(10)13(20)18(9)25-26(21,22)23/h9-10,14,19H,1-8H2,(H,21,22,23)/t9-,10+/m1/s1. The van der Waals surface area contributed by atoms with Gasteiger partial charge in [0, 0.05) is 19.5 Å². The van der Waals surface area contributed by atoms with Crippen molar-refractivity contribution in [2.75, 3.05) is 26.2 Å². The highest BCUT2D eigenvalue weighted by Crippen LogP contribution is 2.38. The molecule has 1 aromatic heterocycles. The van der Waals surface area contributed by atoms with Gasteiger partial charge >= 0.3 is 16.4 Å². The van der Waals surface area contributed by atoms with Crippen molar-refractivity contribution in [3.05, 3.63) is 11.8 Å². The molecule has 13 heteroatoms. The summed E-state index contributed by atoms with van der Waals surface area (Å²) in [5.41, 5.74) is 0. The van der Waals surface area contributed by atoms with Crippen molar-refractivity contribution in [3.8, 4) is 0 Å². The minimum atomic E-state index is -4.77. The van der Waals surface area contributed by atoms with Crippen LogP contribution in [0.5, 0.6) is 0 Å². The number of aryl methyl sites for hydroxylation is 1. The molecular weight excluding hydrogens is 370 g/mol. The number of hydrogen-bond donors (Lipinski definition) is 3. The summed E-state index contributed by atoms with van der Waals surface area (Å²) in [5, 5.41) is 20.4. The number of hydroxylamine groups is 2. The Balaban J connectivity index is 1.60. The number of fused-ring (bicyclic) bond motifs is 2. The summed E-state index contributed by atoms with van der Waals surface area (Å²) < 4.78 is 40.6. The fraction of sp³-hybridized carbons (Fsp3) is 0.769. The minimum absolute atomic E-state index is 0.0789. The van der Waals surface area contributed by atoms with Crippen molar-refractivity contribution in [2.45, 2.75) is 37.8 Å². The van der Waals surface area contributed by atoms with E-state index in [1.54, 1.807) is 0 Å². The number of carbonyl (C=O) groups is 1. The van der Waals surface area contributed by atoms with E-state index in [0.717, 1.165) is 6.42 Å². The lowest BCUT2D eigenvalue weighted by atomic mass is 10.0. The van der Waals surface area contributed by atoms with Gasteiger partial charge in [-0.1, -0.05) is 0 Å². The third kappa shape index (κ3) is 4.29. The van der Waals surface area contributed by atoms with Gasteiger partial charge in [0.05, 0.1) is 12.6 Å². The molecule has 0 radical (unpaired) electrons. The topological polar surface area (TPSA) is 158 Å². The van der Waals surface area contributed by atoms with Crippen LogP contribution in [0.4, 0.5) is 4.79 Å². The normalized spacial score (nSPS) is 23.1. The molecular formula is C13H21N5O7S. The minimum Gasteiger partial charge on any atom is -0.423 e. The van der Waals surface area contributed by atoms with Gasteiger partial charge in [0.1, 0.15) is 6.04 Å². The Labute approximate surface area is 150 Å². The Morgan fingerprint density at radius 2 is 2.12 bits per heavy atom. The Morgan fingerprint density at radius 3 is 2.85 bits per heavy atom. The van der Waals surface area contributed by atoms with Gasteiger partial charge in [-0.15, -0.1) is 14.5 Å². The molecule has 3 heterocycles. The SMILES string of the molecule is O=C1N2C[C@@H](CC[C@H]2c2nnc(CCCNCCO)o2)N1OS(=O)(=O)O. The van der Waals surface area contributed by atoms with Gasteiger partial charge in [-0.2, -0.15) is 13.5 Å². The van der Waals surface area contributed by atoms with Gasteiger partial charge in [0.2, 0.25) is 11.8 Å². The fourth-order valence-corrected chi connectivity index (χ4v) is 3.55. The van der Waals surface area contributed by atoms with Crippen molar-refractivity contribution in [1.82, 2.24) is 25.5 Å². The van der Waals surface area contributed by atoms with E-state index in [4.69, 9.17) is 14.1 Å². The molecule has 2 saturated heterocycles. The molecule has 2 aliphatic rings. The van der Waals surface area contributed by atoms with Gasteiger partial charge in [-0.25, -0.2) is 4.79 Å². The van der Waals surface area contributed by atoms with Crippen LogP contribution in [0.25, 0.3) is 0 Å². The summed E-state index contributed by atoms with van der Waals surface area (Å²) in [7, 11) is -4.77. The highest BCUT2D eigenvalue weighted by Gasteiger charge is 2.49. The molecule has 26 heavy (non-hydrogen) atoms. The largest absolute Gasteiger partial charge is 0.423 e. The molecule has 0 saturated carbocycles. The Kier molecular flexibility index (Phi) is 5.72. The van der Waals surface area contributed by atoms with Crippen LogP contribution in [0, 0.1) is 0 Å². The molecule has 3 rings (SSSR count). The average Bonchev–Trinajstić information content (AvgIpc) is 3.14. The number of hydrogen-bond acceptors (Lipinski definition) is 9. The van der Waals surface area contributed by atoms with Gasteiger partial charge in [0.15, 0.2) is 0 Å². The third-order valence-electron chi connectivity index (χ3n) is 4.30. The summed E-state index contributed by atoms with van der Waals surface area (Å²) in [6.07, 6.45) is 2.31. The number of carbonyl (C=O) groups excluding carboxylic acids is 1. The molecule has 2 fully saturated rings. The van der Waals surface area contributed by atoms with Gasteiger partial charge in [-0.3, -0.25) is 4.55 Å². The first-order valence-corrected chi connectivity index (χ1v) is 9.66. The van der Waals surface area contributed by atoms with Crippen LogP contribution < -0.4 is 5.32 Å². The van der Waals surface area contributed by atoms with Gasteiger partial charge in [0.25, 0.3) is 0 Å². The third-order valence-corrected chi connectivity index (χ3v) is 4.65. The molecule has 0 spiro atoms. The molecule has 2 amide bonds. The van der Waals surface area contributed by atoms with Gasteiger partial charge in [-0.05, 0) is 25.8 Å². The van der Waals surface area contributed by atoms with Crippen molar-refractivity contribution in [3.63, 3.8) is 0 Å². The summed E-state index contributed by atoms with van der Waals surface area (Å²) in [4.78, 5) is 13.8. The molecule has 0 aliphatic carbocycles. The zero-order valence-corrected chi connectivity index (χ0v) is 14.8. The summed E-state index contributed by atoms with van der Waals surface area (Å²) in [5.74, 6) is 0.745. The number of aliphatic hydroxyl groups excluding tert-OH is 1. The van der Waals surface area contributed by atoms with E-state index in [0.29, 0.717) is 49.2 Å². The molecule has 0 unspecified atom stereocenters. The van der Waals surface area contributed by atoms with Crippen molar-refractivity contribution >= 4 is 16.4 Å². The number of nitrogens with zero attached hydrogens (tertiary/aromatic N) is 4. The first kappa shape index (κ1) is 19.0. The fourth-order valence-electron chi connectivity index (χ4n) is 3.16. The molecule has 2 atom stereocenters. The van der Waals surface area contributed by atoms with E-state index in [1.165, 1.54) is 4.90 Å². The van der Waals surface area contributed by atoms with Crippen LogP contribution in [0.3, 0.4) is 0 Å². The second-order valence-corrected chi connectivity index (χ2v) is 7.13. The first-order chi connectivity index (χ1) is 12.4. The van der Waals surface area contributed by atoms with E-state index in [1.807, 2.05) is 0 Å². The van der Waals surface area contributed by atoms with Crippen molar-refractivity contribution in [1.29, 1.82) is 0 Å². The number of aliphatic hydroxyl groups is 1. The van der Waals surface area contributed by atoms with E-state index in [-0.39, 0.29) is 13.2 Å².